The van der Waals surface area contributed by atoms with E-state index >= 15 is 0 Å². The number of rotatable bonds is 6. The molecule has 0 spiro atoms. The van der Waals surface area contributed by atoms with Crippen molar-refractivity contribution >= 4 is 23.8 Å². The molecule has 3 N–H and O–H groups in total. The van der Waals surface area contributed by atoms with Crippen LogP contribution in [0.5, 0.6) is 11.6 Å². The number of allylic oxidation sites excluding steroid dienone is 1. The highest BCUT2D eigenvalue weighted by molar-refractivity contribution is 6.02. The summed E-state index contributed by atoms with van der Waals surface area (Å²) in [6, 6.07) is 10.6. The van der Waals surface area contributed by atoms with Crippen molar-refractivity contribution in [3.05, 3.63) is 83.3 Å². The molecule has 0 saturated heterocycles. The summed E-state index contributed by atoms with van der Waals surface area (Å²) in [5.41, 5.74) is 1.55. The van der Waals surface area contributed by atoms with E-state index in [9.17, 15) is 22.8 Å². The Kier molecular flexibility index (Phi) is 7.71. The topological polar surface area (TPSA) is 113 Å². The minimum Gasteiger partial charge on any atom is -0.465 e. The molecular weight excluding hydrogens is 489 g/mol. The summed E-state index contributed by atoms with van der Waals surface area (Å²) in [5, 5.41) is 14.1. The predicted molar refractivity (Wildman–Crippen MR) is 129 cm³/mol. The van der Waals surface area contributed by atoms with Gasteiger partial charge in [-0.3, -0.25) is 15.1 Å². The van der Waals surface area contributed by atoms with Crippen LogP contribution in [0.3, 0.4) is 0 Å². The van der Waals surface area contributed by atoms with Gasteiger partial charge in [-0.15, -0.1) is 0 Å². The number of alkyl halides is 3. The van der Waals surface area contributed by atoms with Crippen molar-refractivity contribution in [1.82, 2.24) is 15.3 Å². The number of carbonyl (C=O) groups is 2. The highest BCUT2D eigenvalue weighted by Gasteiger charge is 2.30. The number of ether oxygens (including phenoxy) is 1. The quantitative estimate of drug-likeness (QED) is 0.366. The second-order valence-corrected chi connectivity index (χ2v) is 8.46. The van der Waals surface area contributed by atoms with Crippen LogP contribution in [0.25, 0.3) is 6.08 Å². The number of anilines is 1. The number of carbonyl (C=O) groups excluding carboxylic acids is 1. The summed E-state index contributed by atoms with van der Waals surface area (Å²) in [6.07, 6.45) is 2.70. The maximum atomic E-state index is 12.7. The zero-order valence-corrected chi connectivity index (χ0v) is 19.5. The molecule has 0 unspecified atom stereocenters. The first kappa shape index (κ1) is 25.7. The van der Waals surface area contributed by atoms with E-state index in [2.05, 4.69) is 20.6 Å². The van der Waals surface area contributed by atoms with Crippen molar-refractivity contribution in [1.29, 1.82) is 0 Å². The van der Waals surface area contributed by atoms with E-state index < -0.39 is 23.7 Å². The molecule has 2 heterocycles. The number of aromatic nitrogens is 2. The fourth-order valence-electron chi connectivity index (χ4n) is 3.97. The highest BCUT2D eigenvalue weighted by atomic mass is 19.4. The van der Waals surface area contributed by atoms with Gasteiger partial charge in [0.15, 0.2) is 0 Å². The molecule has 8 nitrogen and oxygen atoms in total. The lowest BCUT2D eigenvalue weighted by Gasteiger charge is -2.25. The van der Waals surface area contributed by atoms with E-state index in [0.29, 0.717) is 18.6 Å². The number of benzene rings is 1. The highest BCUT2D eigenvalue weighted by Crippen LogP contribution is 2.31. The molecule has 1 aromatic carbocycles. The van der Waals surface area contributed by atoms with Crippen molar-refractivity contribution in [2.45, 2.75) is 37.9 Å². The van der Waals surface area contributed by atoms with Gasteiger partial charge in [-0.25, -0.2) is 9.78 Å². The monoisotopic (exact) mass is 512 g/mol. The average Bonchev–Trinajstić information content (AvgIpc) is 2.85. The minimum atomic E-state index is -4.46. The maximum absolute atomic E-state index is 12.7. The van der Waals surface area contributed by atoms with Crippen LogP contribution >= 0.6 is 0 Å². The molecular formula is C26H23F3N4O4. The van der Waals surface area contributed by atoms with Gasteiger partial charge in [0.2, 0.25) is 5.88 Å². The van der Waals surface area contributed by atoms with E-state index in [1.807, 2.05) is 12.1 Å². The molecule has 3 aromatic rings. The Labute approximate surface area is 210 Å². The van der Waals surface area contributed by atoms with Gasteiger partial charge in [-0.2, -0.15) is 13.2 Å². The number of nitrogens with zero attached hydrogens (tertiary/aromatic N) is 2. The number of hydrogen-bond acceptors (Lipinski definition) is 5. The van der Waals surface area contributed by atoms with Gasteiger partial charge in [-0.05, 0) is 55.5 Å². The Bertz CT molecular complexity index is 1300. The maximum Gasteiger partial charge on any atom is 0.417 e. The Balaban J connectivity index is 1.34. The summed E-state index contributed by atoms with van der Waals surface area (Å²) >= 11 is 0. The molecule has 0 bridgehead atoms. The molecule has 2 aromatic heterocycles. The summed E-state index contributed by atoms with van der Waals surface area (Å²) in [4.78, 5) is 31.3. The standard InChI is InChI=1S/C26H23F3N4O4/c27-26(28,29)18-6-9-23(31-14-18)37-20-3-1-2-17(13-20)12-16-4-7-19(8-5-16)32-24(34)21-15-30-11-10-22(21)33-25(35)36/h1-3,6,9-15,19H,4-5,7-8H2,(H,30,33)(H,32,34)(H,35,36). The zero-order valence-electron chi connectivity index (χ0n) is 19.5. The predicted octanol–water partition coefficient (Wildman–Crippen LogP) is 6.13. The number of nitrogens with one attached hydrogen (secondary N) is 2. The lowest BCUT2D eigenvalue weighted by molar-refractivity contribution is -0.137. The largest absolute Gasteiger partial charge is 0.465 e. The van der Waals surface area contributed by atoms with Crippen molar-refractivity contribution in [3.8, 4) is 11.6 Å². The van der Waals surface area contributed by atoms with Crippen LogP contribution in [0, 0.1) is 0 Å². The van der Waals surface area contributed by atoms with Gasteiger partial charge < -0.3 is 15.2 Å². The zero-order chi connectivity index (χ0) is 26.4. The first-order chi connectivity index (χ1) is 17.7. The van der Waals surface area contributed by atoms with Crippen LogP contribution in [0.1, 0.15) is 47.2 Å². The third-order valence-electron chi connectivity index (χ3n) is 5.79. The Morgan fingerprint density at radius 3 is 2.54 bits per heavy atom. The molecule has 4 rings (SSSR count). The van der Waals surface area contributed by atoms with Crippen LogP contribution in [0.4, 0.5) is 23.7 Å². The summed E-state index contributed by atoms with van der Waals surface area (Å²) in [5.74, 6) is 0.116. The van der Waals surface area contributed by atoms with Crippen LogP contribution in [0.2, 0.25) is 0 Å². The van der Waals surface area contributed by atoms with Crippen LogP contribution < -0.4 is 15.4 Å². The molecule has 0 atom stereocenters. The van der Waals surface area contributed by atoms with Gasteiger partial charge in [0, 0.05) is 30.7 Å². The van der Waals surface area contributed by atoms with Crippen molar-refractivity contribution in [2.24, 2.45) is 0 Å². The fourth-order valence-corrected chi connectivity index (χ4v) is 3.97. The Morgan fingerprint density at radius 1 is 1.08 bits per heavy atom. The SMILES string of the molecule is O=C(O)Nc1ccncc1C(=O)NC1CCC(=Cc2cccc(Oc3ccc(C(F)(F)F)cn3)c2)CC1. The molecule has 0 radical (unpaired) electrons. The van der Waals surface area contributed by atoms with E-state index in [1.165, 1.54) is 30.1 Å². The van der Waals surface area contributed by atoms with Crippen LogP contribution in [0.15, 0.2) is 66.6 Å². The van der Waals surface area contributed by atoms with Crippen molar-refractivity contribution in [3.63, 3.8) is 0 Å². The van der Waals surface area contributed by atoms with E-state index in [0.717, 1.165) is 30.7 Å². The number of halogens is 3. The van der Waals surface area contributed by atoms with Gasteiger partial charge in [0.25, 0.3) is 5.91 Å². The lowest BCUT2D eigenvalue weighted by atomic mass is 9.89. The van der Waals surface area contributed by atoms with Gasteiger partial charge >= 0.3 is 12.3 Å². The molecule has 1 fully saturated rings. The van der Waals surface area contributed by atoms with E-state index in [-0.39, 0.29) is 23.2 Å². The van der Waals surface area contributed by atoms with Gasteiger partial charge in [-0.1, -0.05) is 23.8 Å². The third-order valence-corrected chi connectivity index (χ3v) is 5.79. The van der Waals surface area contributed by atoms with Crippen LogP contribution in [-0.2, 0) is 6.18 Å². The molecule has 0 aliphatic heterocycles. The normalized spacial score (nSPS) is 15.5. The van der Waals surface area contributed by atoms with Crippen molar-refractivity contribution in [2.75, 3.05) is 5.32 Å². The second-order valence-electron chi connectivity index (χ2n) is 8.46. The number of carboxylic acid groups (broad SMARTS) is 1. The molecule has 11 heteroatoms. The van der Waals surface area contributed by atoms with E-state index in [4.69, 9.17) is 9.84 Å². The number of pyridine rings is 2. The lowest BCUT2D eigenvalue weighted by Crippen LogP contribution is -2.37. The molecule has 1 saturated carbocycles. The summed E-state index contributed by atoms with van der Waals surface area (Å²) in [6.45, 7) is 0. The molecule has 37 heavy (non-hydrogen) atoms. The first-order valence-electron chi connectivity index (χ1n) is 11.4. The third kappa shape index (κ3) is 7.06. The van der Waals surface area contributed by atoms with Gasteiger partial charge in [0.05, 0.1) is 16.8 Å². The fraction of sp³-hybridized carbons (Fsp3) is 0.231. The molecule has 1 aliphatic carbocycles. The number of hydrogen-bond donors (Lipinski definition) is 3. The molecule has 1 aliphatic rings. The average molecular weight is 512 g/mol. The Hall–Kier alpha value is -4.41. The summed E-state index contributed by atoms with van der Waals surface area (Å²) < 4.78 is 43.7. The minimum absolute atomic E-state index is 0.0596. The number of amides is 2. The van der Waals surface area contributed by atoms with Crippen molar-refractivity contribution < 1.29 is 32.6 Å². The second kappa shape index (κ2) is 11.1. The first-order valence-corrected chi connectivity index (χ1v) is 11.4. The van der Waals surface area contributed by atoms with E-state index in [1.54, 1.807) is 18.2 Å². The summed E-state index contributed by atoms with van der Waals surface area (Å²) in [7, 11) is 0. The Morgan fingerprint density at radius 2 is 1.86 bits per heavy atom. The van der Waals surface area contributed by atoms with Gasteiger partial charge in [0.1, 0.15) is 5.75 Å². The molecule has 192 valence electrons. The van der Waals surface area contributed by atoms with Crippen LogP contribution in [-0.4, -0.2) is 33.1 Å². The molecule has 2 amide bonds. The smallest absolute Gasteiger partial charge is 0.417 e.